The van der Waals surface area contributed by atoms with Crippen LogP contribution < -0.4 is 14.8 Å². The molecule has 0 saturated carbocycles. The van der Waals surface area contributed by atoms with Crippen molar-refractivity contribution in [1.29, 1.82) is 0 Å². The third kappa shape index (κ3) is 2.68. The van der Waals surface area contributed by atoms with Crippen LogP contribution in [0.3, 0.4) is 0 Å². The molecule has 1 aromatic carbocycles. The second-order valence-electron chi connectivity index (χ2n) is 3.81. The first-order valence-electron chi connectivity index (χ1n) is 5.70. The molecule has 0 radical (unpaired) electrons. The summed E-state index contributed by atoms with van der Waals surface area (Å²) in [6.07, 6.45) is 1.76. The van der Waals surface area contributed by atoms with Crippen molar-refractivity contribution < 1.29 is 9.47 Å². The summed E-state index contributed by atoms with van der Waals surface area (Å²) in [4.78, 5) is 7.31. The third-order valence-corrected chi connectivity index (χ3v) is 2.84. The lowest BCUT2D eigenvalue weighted by atomic mass is 10.2. The standard InChI is InChI=1S/C13H15N3O2S/c1-4-5-14-12-8-6-10(17-2)11(18-3)7-9(8)15-13(19)16-12/h4,6-7H,1,5H2,2-3H3,(H2,14,15,16,19). The van der Waals surface area contributed by atoms with Crippen LogP contribution in [0.1, 0.15) is 0 Å². The smallest absolute Gasteiger partial charge is 0.199 e. The maximum atomic E-state index is 5.29. The molecule has 2 aromatic rings. The Bertz CT molecular complexity index is 667. The van der Waals surface area contributed by atoms with Crippen LogP contribution in [-0.2, 0) is 0 Å². The number of nitrogens with one attached hydrogen (secondary N) is 2. The molecule has 1 heterocycles. The van der Waals surface area contributed by atoms with Crippen molar-refractivity contribution in [3.63, 3.8) is 0 Å². The number of fused-ring (bicyclic) bond motifs is 1. The van der Waals surface area contributed by atoms with Crippen molar-refractivity contribution in [2.45, 2.75) is 0 Å². The molecule has 0 atom stereocenters. The molecule has 5 nitrogen and oxygen atoms in total. The zero-order valence-corrected chi connectivity index (χ0v) is 11.6. The first-order chi connectivity index (χ1) is 9.19. The van der Waals surface area contributed by atoms with Gasteiger partial charge in [-0.15, -0.1) is 6.58 Å². The van der Waals surface area contributed by atoms with E-state index in [1.807, 2.05) is 12.1 Å². The topological polar surface area (TPSA) is 59.2 Å². The van der Waals surface area contributed by atoms with Crippen molar-refractivity contribution in [3.8, 4) is 11.5 Å². The van der Waals surface area contributed by atoms with E-state index >= 15 is 0 Å². The number of anilines is 1. The number of aromatic amines is 1. The van der Waals surface area contributed by atoms with Crippen LogP contribution >= 0.6 is 12.2 Å². The Kier molecular flexibility index (Phi) is 4.01. The average Bonchev–Trinajstić information content (AvgIpc) is 2.43. The molecule has 19 heavy (non-hydrogen) atoms. The number of H-pyrrole nitrogens is 1. The van der Waals surface area contributed by atoms with E-state index in [0.29, 0.717) is 28.6 Å². The first-order valence-corrected chi connectivity index (χ1v) is 6.11. The third-order valence-electron chi connectivity index (χ3n) is 2.65. The minimum absolute atomic E-state index is 0.409. The number of hydrogen-bond donors (Lipinski definition) is 2. The van der Waals surface area contributed by atoms with E-state index in [0.717, 1.165) is 10.9 Å². The van der Waals surface area contributed by atoms with Gasteiger partial charge in [-0.05, 0) is 18.3 Å². The molecular weight excluding hydrogens is 262 g/mol. The van der Waals surface area contributed by atoms with Gasteiger partial charge in [-0.2, -0.15) is 0 Å². The summed E-state index contributed by atoms with van der Waals surface area (Å²) in [7, 11) is 3.19. The van der Waals surface area contributed by atoms with Crippen molar-refractivity contribution in [1.82, 2.24) is 9.97 Å². The number of nitrogens with zero attached hydrogens (tertiary/aromatic N) is 1. The van der Waals surface area contributed by atoms with Crippen LogP contribution in [0.2, 0.25) is 0 Å². The molecule has 0 unspecified atom stereocenters. The SMILES string of the molecule is C=CCNc1nc(=S)[nH]c2cc(OC)c(OC)cc12. The van der Waals surface area contributed by atoms with Gasteiger partial charge in [0.15, 0.2) is 16.3 Å². The molecule has 0 aliphatic rings. The van der Waals surface area contributed by atoms with Crippen LogP contribution in [0, 0.1) is 4.77 Å². The fourth-order valence-corrected chi connectivity index (χ4v) is 1.99. The second kappa shape index (κ2) is 5.71. The fourth-order valence-electron chi connectivity index (χ4n) is 1.79. The summed E-state index contributed by atoms with van der Waals surface area (Å²) in [6.45, 7) is 4.28. The van der Waals surface area contributed by atoms with E-state index in [1.165, 1.54) is 0 Å². The Hall–Kier alpha value is -2.08. The molecule has 6 heteroatoms. The molecule has 2 N–H and O–H groups in total. The molecule has 0 amide bonds. The zero-order chi connectivity index (χ0) is 13.8. The van der Waals surface area contributed by atoms with E-state index in [-0.39, 0.29) is 0 Å². The highest BCUT2D eigenvalue weighted by molar-refractivity contribution is 7.71. The molecular formula is C13H15N3O2S. The summed E-state index contributed by atoms with van der Waals surface area (Å²) in [5.74, 6) is 1.98. The number of aromatic nitrogens is 2. The fraction of sp³-hybridized carbons (Fsp3) is 0.231. The van der Waals surface area contributed by atoms with Gasteiger partial charge in [0.25, 0.3) is 0 Å². The highest BCUT2D eigenvalue weighted by Gasteiger charge is 2.10. The predicted molar refractivity (Wildman–Crippen MR) is 78.7 cm³/mol. The van der Waals surface area contributed by atoms with Crippen LogP contribution in [0.15, 0.2) is 24.8 Å². The van der Waals surface area contributed by atoms with Crippen molar-refractivity contribution in [2.24, 2.45) is 0 Å². The average molecular weight is 277 g/mol. The Balaban J connectivity index is 2.68. The molecule has 0 fully saturated rings. The van der Waals surface area contributed by atoms with Gasteiger partial charge in [-0.1, -0.05) is 6.08 Å². The summed E-state index contributed by atoms with van der Waals surface area (Å²) in [6, 6.07) is 3.70. The molecule has 0 aliphatic carbocycles. The number of hydrogen-bond acceptors (Lipinski definition) is 5. The van der Waals surface area contributed by atoms with Gasteiger partial charge in [0.2, 0.25) is 0 Å². The molecule has 100 valence electrons. The van der Waals surface area contributed by atoms with Crippen LogP contribution in [0.25, 0.3) is 10.9 Å². The predicted octanol–water partition coefficient (Wildman–Crippen LogP) is 2.91. The van der Waals surface area contributed by atoms with Crippen molar-refractivity contribution >= 4 is 28.9 Å². The van der Waals surface area contributed by atoms with Crippen molar-refractivity contribution in [3.05, 3.63) is 29.6 Å². The van der Waals surface area contributed by atoms with Gasteiger partial charge in [0.1, 0.15) is 5.82 Å². The summed E-state index contributed by atoms with van der Waals surface area (Å²) in [5.41, 5.74) is 0.837. The molecule has 2 rings (SSSR count). The lowest BCUT2D eigenvalue weighted by Gasteiger charge is -2.12. The van der Waals surface area contributed by atoms with Gasteiger partial charge in [0, 0.05) is 18.0 Å². The first kappa shape index (κ1) is 13.4. The van der Waals surface area contributed by atoms with E-state index in [1.54, 1.807) is 20.3 Å². The molecule has 0 spiro atoms. The molecule has 1 aromatic heterocycles. The van der Waals surface area contributed by atoms with Gasteiger partial charge in [0.05, 0.1) is 19.7 Å². The monoisotopic (exact) mass is 277 g/mol. The maximum absolute atomic E-state index is 5.29. The molecule has 0 bridgehead atoms. The van der Waals surface area contributed by atoms with Gasteiger partial charge < -0.3 is 19.8 Å². The summed E-state index contributed by atoms with van der Waals surface area (Å²) < 4.78 is 11.0. The van der Waals surface area contributed by atoms with Crippen LogP contribution in [-0.4, -0.2) is 30.7 Å². The summed E-state index contributed by atoms with van der Waals surface area (Å²) in [5, 5.41) is 4.04. The maximum Gasteiger partial charge on any atom is 0.199 e. The lowest BCUT2D eigenvalue weighted by molar-refractivity contribution is 0.356. The second-order valence-corrected chi connectivity index (χ2v) is 4.20. The Morgan fingerprint density at radius 2 is 2.05 bits per heavy atom. The van der Waals surface area contributed by atoms with Gasteiger partial charge >= 0.3 is 0 Å². The van der Waals surface area contributed by atoms with Gasteiger partial charge in [-0.3, -0.25) is 0 Å². The van der Waals surface area contributed by atoms with E-state index in [9.17, 15) is 0 Å². The summed E-state index contributed by atoms with van der Waals surface area (Å²) >= 11 is 5.11. The number of ether oxygens (including phenoxy) is 2. The Morgan fingerprint density at radius 1 is 1.37 bits per heavy atom. The lowest BCUT2D eigenvalue weighted by Crippen LogP contribution is -2.03. The zero-order valence-electron chi connectivity index (χ0n) is 10.8. The minimum atomic E-state index is 0.409. The highest BCUT2D eigenvalue weighted by atomic mass is 32.1. The van der Waals surface area contributed by atoms with Crippen molar-refractivity contribution in [2.75, 3.05) is 26.1 Å². The van der Waals surface area contributed by atoms with Crippen LogP contribution in [0.5, 0.6) is 11.5 Å². The normalized spacial score (nSPS) is 10.2. The van der Waals surface area contributed by atoms with E-state index < -0.39 is 0 Å². The number of methoxy groups -OCH3 is 2. The highest BCUT2D eigenvalue weighted by Crippen LogP contribution is 2.33. The Labute approximate surface area is 116 Å². The molecule has 0 saturated heterocycles. The number of rotatable bonds is 5. The minimum Gasteiger partial charge on any atom is -0.493 e. The largest absolute Gasteiger partial charge is 0.493 e. The Morgan fingerprint density at radius 3 is 2.68 bits per heavy atom. The van der Waals surface area contributed by atoms with Gasteiger partial charge in [-0.25, -0.2) is 4.98 Å². The molecule has 0 aliphatic heterocycles. The van der Waals surface area contributed by atoms with E-state index in [4.69, 9.17) is 21.7 Å². The quantitative estimate of drug-likeness (QED) is 0.650. The number of benzene rings is 1. The van der Waals surface area contributed by atoms with E-state index in [2.05, 4.69) is 21.9 Å². The van der Waals surface area contributed by atoms with Crippen LogP contribution in [0.4, 0.5) is 5.82 Å².